The van der Waals surface area contributed by atoms with Crippen LogP contribution in [0, 0.1) is 5.41 Å². The van der Waals surface area contributed by atoms with Crippen LogP contribution in [0.2, 0.25) is 0 Å². The fourth-order valence-corrected chi connectivity index (χ4v) is 4.06. The van der Waals surface area contributed by atoms with Gasteiger partial charge in [-0.05, 0) is 43.8 Å². The molecular weight excluding hydrogens is 320 g/mol. The summed E-state index contributed by atoms with van der Waals surface area (Å²) >= 11 is 0. The van der Waals surface area contributed by atoms with Crippen molar-refractivity contribution >= 4 is 11.7 Å². The van der Waals surface area contributed by atoms with Crippen LogP contribution in [-0.4, -0.2) is 73.2 Å². The van der Waals surface area contributed by atoms with Crippen LogP contribution in [0.25, 0.3) is 5.78 Å². The van der Waals surface area contributed by atoms with Gasteiger partial charge in [-0.1, -0.05) is 0 Å². The lowest BCUT2D eigenvalue weighted by Crippen LogP contribution is -2.51. The number of hydrogen-bond acceptors (Lipinski definition) is 6. The topological polar surface area (TPSA) is 86.9 Å². The van der Waals surface area contributed by atoms with Crippen LogP contribution >= 0.6 is 0 Å². The van der Waals surface area contributed by atoms with Gasteiger partial charge in [0.1, 0.15) is 0 Å². The van der Waals surface area contributed by atoms with Crippen molar-refractivity contribution in [1.29, 1.82) is 0 Å². The van der Waals surface area contributed by atoms with Gasteiger partial charge >= 0.3 is 0 Å². The molecule has 1 amide bonds. The number of carbonyl (C=O) groups excluding carboxylic acids is 1. The van der Waals surface area contributed by atoms with Crippen molar-refractivity contribution in [3.05, 3.63) is 24.3 Å². The molecule has 0 aliphatic carbocycles. The Bertz CT molecular complexity index is 719. The van der Waals surface area contributed by atoms with Crippen LogP contribution in [-0.2, 0) is 11.3 Å². The van der Waals surface area contributed by atoms with Crippen LogP contribution < -0.4 is 0 Å². The maximum absolute atomic E-state index is 12.0. The molecule has 2 aromatic rings. The first kappa shape index (κ1) is 16.4. The molecule has 1 spiro atoms. The number of likely N-dealkylation sites (tertiary alicyclic amines) is 2. The Hall–Kier alpha value is -2.06. The molecule has 0 bridgehead atoms. The first-order valence-electron chi connectivity index (χ1n) is 8.95. The largest absolute Gasteiger partial charge is 0.395 e. The van der Waals surface area contributed by atoms with Crippen LogP contribution in [0.5, 0.6) is 0 Å². The van der Waals surface area contributed by atoms with E-state index in [0.29, 0.717) is 18.7 Å². The molecule has 8 heteroatoms. The predicted molar refractivity (Wildman–Crippen MR) is 90.6 cm³/mol. The molecule has 0 unspecified atom stereocenters. The number of aromatic nitrogens is 4. The molecule has 0 atom stereocenters. The molecule has 1 N–H and O–H groups in total. The van der Waals surface area contributed by atoms with Gasteiger partial charge in [0.25, 0.3) is 5.78 Å². The van der Waals surface area contributed by atoms with Crippen molar-refractivity contribution in [2.45, 2.75) is 32.2 Å². The molecule has 2 aromatic heterocycles. The van der Waals surface area contributed by atoms with E-state index in [-0.39, 0.29) is 17.9 Å². The molecule has 2 saturated heterocycles. The van der Waals surface area contributed by atoms with Crippen molar-refractivity contribution in [3.8, 4) is 0 Å². The minimum Gasteiger partial charge on any atom is -0.395 e. The summed E-state index contributed by atoms with van der Waals surface area (Å²) < 4.78 is 1.71. The maximum Gasteiger partial charge on any atom is 0.252 e. The summed E-state index contributed by atoms with van der Waals surface area (Å²) in [5.74, 6) is 1.62. The number of rotatable bonds is 4. The van der Waals surface area contributed by atoms with Gasteiger partial charge in [-0.3, -0.25) is 9.69 Å². The van der Waals surface area contributed by atoms with Crippen LogP contribution in [0.1, 0.15) is 31.5 Å². The van der Waals surface area contributed by atoms with Gasteiger partial charge in [-0.15, -0.1) is 5.10 Å². The fourth-order valence-electron chi connectivity index (χ4n) is 4.06. The molecule has 8 nitrogen and oxygen atoms in total. The third-order valence-corrected chi connectivity index (χ3v) is 5.56. The van der Waals surface area contributed by atoms with E-state index < -0.39 is 0 Å². The number of aliphatic hydroxyl groups excluding tert-OH is 1. The lowest BCUT2D eigenvalue weighted by atomic mass is 9.72. The highest BCUT2D eigenvalue weighted by atomic mass is 16.3. The Morgan fingerprint density at radius 1 is 1.24 bits per heavy atom. The van der Waals surface area contributed by atoms with E-state index in [9.17, 15) is 4.79 Å². The molecule has 0 saturated carbocycles. The molecule has 134 valence electrons. The molecular formula is C17H24N6O2. The quantitative estimate of drug-likeness (QED) is 0.860. The van der Waals surface area contributed by atoms with E-state index in [0.717, 1.165) is 51.3 Å². The average molecular weight is 344 g/mol. The van der Waals surface area contributed by atoms with Gasteiger partial charge in [0.15, 0.2) is 5.82 Å². The van der Waals surface area contributed by atoms with Gasteiger partial charge in [-0.2, -0.15) is 4.98 Å². The predicted octanol–water partition coefficient (Wildman–Crippen LogP) is 0.321. The second-order valence-electron chi connectivity index (χ2n) is 7.21. The number of hydrogen-bond donors (Lipinski definition) is 1. The number of piperidine rings is 2. The summed E-state index contributed by atoms with van der Waals surface area (Å²) in [4.78, 5) is 24.9. The smallest absolute Gasteiger partial charge is 0.252 e. The number of aliphatic hydroxyl groups is 1. The second-order valence-corrected chi connectivity index (χ2v) is 7.21. The van der Waals surface area contributed by atoms with Crippen molar-refractivity contribution in [2.24, 2.45) is 5.41 Å². The summed E-state index contributed by atoms with van der Waals surface area (Å²) in [6.45, 7) is 4.01. The van der Waals surface area contributed by atoms with E-state index in [4.69, 9.17) is 5.11 Å². The Morgan fingerprint density at radius 3 is 2.84 bits per heavy atom. The van der Waals surface area contributed by atoms with Crippen molar-refractivity contribution in [1.82, 2.24) is 29.4 Å². The summed E-state index contributed by atoms with van der Waals surface area (Å²) in [6.07, 6.45) is 7.32. The zero-order chi connectivity index (χ0) is 17.3. The zero-order valence-electron chi connectivity index (χ0n) is 14.3. The molecule has 2 aliphatic heterocycles. The Labute approximate surface area is 146 Å². The molecule has 0 radical (unpaired) electrons. The standard InChI is InChI=1S/C17H24N6O2/c24-11-10-22-13-17(3-2-15(22)25)4-8-21(9-5-17)12-14-19-16-18-6-1-7-23(16)20-14/h1,6-7,24H,2-5,8-13H2. The molecule has 2 aliphatic rings. The molecule has 25 heavy (non-hydrogen) atoms. The Balaban J connectivity index is 1.37. The summed E-state index contributed by atoms with van der Waals surface area (Å²) in [7, 11) is 0. The van der Waals surface area contributed by atoms with Crippen molar-refractivity contribution in [3.63, 3.8) is 0 Å². The lowest BCUT2D eigenvalue weighted by Gasteiger charge is -2.47. The molecule has 0 aromatic carbocycles. The molecule has 4 rings (SSSR count). The maximum atomic E-state index is 12.0. The minimum absolute atomic E-state index is 0.0432. The van der Waals surface area contributed by atoms with Gasteiger partial charge in [0.05, 0.1) is 13.2 Å². The number of β-amino-alcohol motifs (C(OH)–C–C–N with tert-alkyl or cyclic N) is 1. The van der Waals surface area contributed by atoms with Crippen molar-refractivity contribution in [2.75, 3.05) is 32.8 Å². The summed E-state index contributed by atoms with van der Waals surface area (Å²) in [5.41, 5.74) is 0.216. The van der Waals surface area contributed by atoms with E-state index in [2.05, 4.69) is 20.0 Å². The van der Waals surface area contributed by atoms with Crippen LogP contribution in [0.3, 0.4) is 0 Å². The highest BCUT2D eigenvalue weighted by Crippen LogP contribution is 2.40. The van der Waals surface area contributed by atoms with Crippen LogP contribution in [0.4, 0.5) is 0 Å². The average Bonchev–Trinajstić information content (AvgIpc) is 3.03. The van der Waals surface area contributed by atoms with E-state index >= 15 is 0 Å². The van der Waals surface area contributed by atoms with E-state index in [1.54, 1.807) is 10.7 Å². The highest BCUT2D eigenvalue weighted by molar-refractivity contribution is 5.77. The number of fused-ring (bicyclic) bond motifs is 1. The van der Waals surface area contributed by atoms with Gasteiger partial charge in [-0.25, -0.2) is 9.50 Å². The minimum atomic E-state index is 0.0432. The normalized spacial score (nSPS) is 21.3. The monoisotopic (exact) mass is 344 g/mol. The van der Waals surface area contributed by atoms with E-state index in [1.165, 1.54) is 0 Å². The molecule has 4 heterocycles. The van der Waals surface area contributed by atoms with Crippen molar-refractivity contribution < 1.29 is 9.90 Å². The van der Waals surface area contributed by atoms with Gasteiger partial charge in [0, 0.05) is 31.9 Å². The second kappa shape index (κ2) is 6.68. The summed E-state index contributed by atoms with van der Waals surface area (Å²) in [6, 6.07) is 1.85. The lowest BCUT2D eigenvalue weighted by molar-refractivity contribution is -0.139. The number of carbonyl (C=O) groups is 1. The first-order valence-corrected chi connectivity index (χ1v) is 8.95. The Morgan fingerprint density at radius 2 is 2.08 bits per heavy atom. The third-order valence-electron chi connectivity index (χ3n) is 5.56. The highest BCUT2D eigenvalue weighted by Gasteiger charge is 2.40. The first-order chi connectivity index (χ1) is 12.2. The van der Waals surface area contributed by atoms with E-state index in [1.807, 2.05) is 17.2 Å². The van der Waals surface area contributed by atoms with Gasteiger partial charge in [0.2, 0.25) is 5.91 Å². The van der Waals surface area contributed by atoms with Gasteiger partial charge < -0.3 is 10.0 Å². The SMILES string of the molecule is O=C1CCC2(CCN(Cc3nc4ncccn4n3)CC2)CN1CCO. The molecule has 2 fully saturated rings. The third kappa shape index (κ3) is 3.36. The number of nitrogens with zero attached hydrogens (tertiary/aromatic N) is 6. The van der Waals surface area contributed by atoms with Crippen LogP contribution in [0.15, 0.2) is 18.5 Å². The zero-order valence-corrected chi connectivity index (χ0v) is 14.3. The fraction of sp³-hybridized carbons (Fsp3) is 0.647. The number of amides is 1. The Kier molecular flexibility index (Phi) is 4.39. The summed E-state index contributed by atoms with van der Waals surface area (Å²) in [5, 5.41) is 13.6.